The van der Waals surface area contributed by atoms with Gasteiger partial charge in [-0.25, -0.2) is 10.1 Å². The van der Waals surface area contributed by atoms with Gasteiger partial charge in [0.05, 0.1) is 17.3 Å². The molecule has 7 heteroatoms. The monoisotopic (exact) mass is 356 g/mol. The number of pyridine rings is 1. The summed E-state index contributed by atoms with van der Waals surface area (Å²) in [4.78, 5) is 16.2. The number of benzene rings is 1. The maximum atomic E-state index is 12.0. The lowest BCUT2D eigenvalue weighted by atomic mass is 10.0. The number of nitrogens with zero attached hydrogens (tertiary/aromatic N) is 4. The highest BCUT2D eigenvalue weighted by molar-refractivity contribution is 5.89. The van der Waals surface area contributed by atoms with E-state index in [4.69, 9.17) is 5.73 Å². The summed E-state index contributed by atoms with van der Waals surface area (Å²) in [6, 6.07) is 11.1. The number of H-pyrrole nitrogens is 1. The second-order valence-corrected chi connectivity index (χ2v) is 5.96. The Hall–Kier alpha value is -3.76. The summed E-state index contributed by atoms with van der Waals surface area (Å²) in [5.41, 5.74) is 9.37. The maximum Gasteiger partial charge on any atom is 0.272 e. The molecular weight excluding hydrogens is 340 g/mol. The molecule has 4 aromatic rings. The number of aromatic amines is 1. The van der Waals surface area contributed by atoms with Gasteiger partial charge in [0, 0.05) is 30.7 Å². The van der Waals surface area contributed by atoms with Crippen molar-refractivity contribution in [2.75, 3.05) is 0 Å². The molecule has 0 amide bonds. The van der Waals surface area contributed by atoms with E-state index in [1.165, 1.54) is 0 Å². The summed E-state index contributed by atoms with van der Waals surface area (Å²) in [5, 5.41) is 12.1. The molecule has 0 fully saturated rings. The number of fused-ring (bicyclic) bond motifs is 1. The maximum absolute atomic E-state index is 12.0. The van der Waals surface area contributed by atoms with Crippen molar-refractivity contribution >= 4 is 10.8 Å². The van der Waals surface area contributed by atoms with E-state index in [1.54, 1.807) is 23.1 Å². The summed E-state index contributed by atoms with van der Waals surface area (Å²) >= 11 is 0. The number of aryl methyl sites for hydroxylation is 1. The van der Waals surface area contributed by atoms with E-state index in [0.29, 0.717) is 16.8 Å². The quantitative estimate of drug-likeness (QED) is 0.531. The molecular formula is C20H16N6O. The van der Waals surface area contributed by atoms with Gasteiger partial charge in [-0.15, -0.1) is 0 Å². The van der Waals surface area contributed by atoms with Crippen molar-refractivity contribution in [1.29, 1.82) is 0 Å². The predicted octanol–water partition coefficient (Wildman–Crippen LogP) is 1.58. The first-order valence-electron chi connectivity index (χ1n) is 8.34. The Bertz CT molecular complexity index is 1240. The van der Waals surface area contributed by atoms with Crippen LogP contribution in [-0.2, 0) is 13.6 Å². The molecule has 0 aliphatic rings. The van der Waals surface area contributed by atoms with E-state index < -0.39 is 0 Å². The lowest BCUT2D eigenvalue weighted by Gasteiger charge is -2.06. The van der Waals surface area contributed by atoms with Crippen LogP contribution in [0.4, 0.5) is 0 Å². The zero-order valence-electron chi connectivity index (χ0n) is 14.6. The molecule has 4 rings (SSSR count). The highest BCUT2D eigenvalue weighted by Crippen LogP contribution is 2.26. The van der Waals surface area contributed by atoms with Gasteiger partial charge in [0.25, 0.3) is 5.56 Å². The summed E-state index contributed by atoms with van der Waals surface area (Å²) < 4.78 is 1.72. The third-order valence-electron chi connectivity index (χ3n) is 4.28. The molecule has 0 atom stereocenters. The Kier molecular flexibility index (Phi) is 4.24. The highest BCUT2D eigenvalue weighted by atomic mass is 16.1. The van der Waals surface area contributed by atoms with Crippen LogP contribution in [0, 0.1) is 11.8 Å². The molecule has 3 aromatic heterocycles. The Morgan fingerprint density at radius 1 is 1.19 bits per heavy atom. The fraction of sp³-hybridized carbons (Fsp3) is 0.100. The van der Waals surface area contributed by atoms with Crippen LogP contribution >= 0.6 is 0 Å². The van der Waals surface area contributed by atoms with Gasteiger partial charge in [0.1, 0.15) is 11.4 Å². The van der Waals surface area contributed by atoms with Crippen molar-refractivity contribution in [3.8, 4) is 23.0 Å². The van der Waals surface area contributed by atoms with Gasteiger partial charge in [0.15, 0.2) is 0 Å². The normalized spacial score (nSPS) is 10.6. The first-order valence-corrected chi connectivity index (χ1v) is 8.34. The van der Waals surface area contributed by atoms with E-state index in [1.807, 2.05) is 37.4 Å². The number of rotatable bonds is 2. The van der Waals surface area contributed by atoms with Crippen LogP contribution in [0.5, 0.6) is 0 Å². The van der Waals surface area contributed by atoms with Crippen LogP contribution < -0.4 is 11.3 Å². The van der Waals surface area contributed by atoms with E-state index >= 15 is 0 Å². The van der Waals surface area contributed by atoms with Gasteiger partial charge in [0.2, 0.25) is 0 Å². The number of hydrogen-bond acceptors (Lipinski definition) is 5. The minimum atomic E-state index is -0.241. The molecule has 3 N–H and O–H groups in total. The molecule has 0 bridgehead atoms. The van der Waals surface area contributed by atoms with Gasteiger partial charge in [-0.05, 0) is 41.7 Å². The zero-order chi connectivity index (χ0) is 18.8. The summed E-state index contributed by atoms with van der Waals surface area (Å²) in [5.74, 6) is 6.20. The molecule has 0 aliphatic carbocycles. The van der Waals surface area contributed by atoms with Crippen LogP contribution in [0.3, 0.4) is 0 Å². The molecule has 0 saturated heterocycles. The lowest BCUT2D eigenvalue weighted by Crippen LogP contribution is -2.13. The summed E-state index contributed by atoms with van der Waals surface area (Å²) in [7, 11) is 1.84. The highest BCUT2D eigenvalue weighted by Gasteiger charge is 2.12. The second kappa shape index (κ2) is 6.86. The van der Waals surface area contributed by atoms with Crippen LogP contribution in [0.25, 0.3) is 21.9 Å². The molecule has 0 aliphatic heterocycles. The number of aromatic nitrogens is 5. The van der Waals surface area contributed by atoms with Crippen LogP contribution in [0.15, 0.2) is 53.6 Å². The fourth-order valence-corrected chi connectivity index (χ4v) is 2.90. The largest absolute Gasteiger partial charge is 0.325 e. The van der Waals surface area contributed by atoms with Gasteiger partial charge in [-0.3, -0.25) is 9.48 Å². The fourth-order valence-electron chi connectivity index (χ4n) is 2.90. The Morgan fingerprint density at radius 2 is 2.07 bits per heavy atom. The molecule has 3 heterocycles. The molecule has 1 aromatic carbocycles. The molecule has 7 nitrogen and oxygen atoms in total. The summed E-state index contributed by atoms with van der Waals surface area (Å²) in [6.07, 6.45) is 3.46. The Labute approximate surface area is 154 Å². The number of hydrogen-bond donors (Lipinski definition) is 2. The van der Waals surface area contributed by atoms with Gasteiger partial charge in [-0.1, -0.05) is 12.1 Å². The zero-order valence-corrected chi connectivity index (χ0v) is 14.6. The first kappa shape index (κ1) is 16.7. The van der Waals surface area contributed by atoms with Gasteiger partial charge in [-0.2, -0.15) is 10.2 Å². The topological polar surface area (TPSA) is 102 Å². The van der Waals surface area contributed by atoms with E-state index in [9.17, 15) is 4.79 Å². The average molecular weight is 356 g/mol. The third kappa shape index (κ3) is 3.10. The second-order valence-electron chi connectivity index (χ2n) is 5.96. The molecule has 27 heavy (non-hydrogen) atoms. The molecule has 132 valence electrons. The summed E-state index contributed by atoms with van der Waals surface area (Å²) in [6.45, 7) is 0.232. The van der Waals surface area contributed by atoms with Crippen LogP contribution in [0.1, 0.15) is 17.1 Å². The molecule has 0 radical (unpaired) electrons. The molecule has 0 unspecified atom stereocenters. The standard InChI is InChI=1S/C20H16N6O/c1-26-19(8-6-14-4-2-3-9-22-14)17(12-23-26)13-5-7-15-16(10-13)18(11-21)24-25-20(15)27/h2-5,7,9-10,12H,11,21H2,1H3,(H,25,27). The lowest BCUT2D eigenvalue weighted by molar-refractivity contribution is 0.758. The Balaban J connectivity index is 1.86. The smallest absolute Gasteiger partial charge is 0.272 e. The number of nitrogens with two attached hydrogens (primary N) is 1. The minimum absolute atomic E-state index is 0.232. The predicted molar refractivity (Wildman–Crippen MR) is 103 cm³/mol. The number of nitrogens with one attached hydrogen (secondary N) is 1. The third-order valence-corrected chi connectivity index (χ3v) is 4.28. The van der Waals surface area contributed by atoms with Crippen molar-refractivity contribution in [2.45, 2.75) is 6.54 Å². The molecule has 0 spiro atoms. The van der Waals surface area contributed by atoms with Crippen LogP contribution in [-0.4, -0.2) is 25.0 Å². The SMILES string of the molecule is Cn1ncc(-c2ccc3c(=O)[nH]nc(CN)c3c2)c1C#Cc1ccccn1. The van der Waals surface area contributed by atoms with Crippen LogP contribution in [0.2, 0.25) is 0 Å². The van der Waals surface area contributed by atoms with Crippen molar-refractivity contribution < 1.29 is 0 Å². The van der Waals surface area contributed by atoms with Crippen molar-refractivity contribution in [3.05, 3.63) is 76.2 Å². The van der Waals surface area contributed by atoms with Crippen molar-refractivity contribution in [1.82, 2.24) is 25.0 Å². The van der Waals surface area contributed by atoms with Crippen molar-refractivity contribution in [3.63, 3.8) is 0 Å². The minimum Gasteiger partial charge on any atom is -0.325 e. The van der Waals surface area contributed by atoms with Crippen molar-refractivity contribution in [2.24, 2.45) is 12.8 Å². The van der Waals surface area contributed by atoms with E-state index in [2.05, 4.69) is 32.1 Å². The van der Waals surface area contributed by atoms with E-state index in [0.717, 1.165) is 22.2 Å². The van der Waals surface area contributed by atoms with Gasteiger partial charge >= 0.3 is 0 Å². The van der Waals surface area contributed by atoms with E-state index in [-0.39, 0.29) is 12.1 Å². The molecule has 0 saturated carbocycles. The first-order chi connectivity index (χ1) is 13.2. The average Bonchev–Trinajstić information content (AvgIpc) is 3.08. The van der Waals surface area contributed by atoms with Gasteiger partial charge < -0.3 is 5.73 Å². The Morgan fingerprint density at radius 3 is 2.85 bits per heavy atom.